The maximum Gasteiger partial charge on any atom is 0.236 e. The van der Waals surface area contributed by atoms with Gasteiger partial charge in [-0.2, -0.15) is 0 Å². The van der Waals surface area contributed by atoms with E-state index in [1.165, 1.54) is 12.8 Å². The summed E-state index contributed by atoms with van der Waals surface area (Å²) in [4.78, 5) is 18.2. The van der Waals surface area contributed by atoms with Gasteiger partial charge in [0, 0.05) is 25.8 Å². The van der Waals surface area contributed by atoms with E-state index >= 15 is 0 Å². The van der Waals surface area contributed by atoms with Crippen LogP contribution in [0.2, 0.25) is 0 Å². The number of nitrogens with zero attached hydrogens (tertiary/aromatic N) is 2. The summed E-state index contributed by atoms with van der Waals surface area (Å²) in [5.41, 5.74) is 6.49. The molecule has 0 aliphatic carbocycles. The van der Waals surface area contributed by atoms with Crippen LogP contribution in [0, 0.1) is 5.92 Å². The second kappa shape index (κ2) is 6.70. The van der Waals surface area contributed by atoms with E-state index < -0.39 is 6.04 Å². The van der Waals surface area contributed by atoms with Crippen molar-refractivity contribution in [1.82, 2.24) is 10.3 Å². The molecule has 1 saturated heterocycles. The Morgan fingerprint density at radius 1 is 1.50 bits per heavy atom. The number of pyridine rings is 1. The van der Waals surface area contributed by atoms with E-state index in [9.17, 15) is 4.79 Å². The molecular formula is C15H24N4O. The minimum Gasteiger partial charge on any atom is -0.357 e. The number of aromatic nitrogens is 1. The van der Waals surface area contributed by atoms with Crippen LogP contribution in [0.3, 0.4) is 0 Å². The zero-order chi connectivity index (χ0) is 14.5. The number of rotatable bonds is 4. The molecule has 1 fully saturated rings. The number of anilines is 1. The van der Waals surface area contributed by atoms with Gasteiger partial charge >= 0.3 is 0 Å². The third kappa shape index (κ3) is 3.93. The van der Waals surface area contributed by atoms with E-state index in [1.807, 2.05) is 18.3 Å². The van der Waals surface area contributed by atoms with Crippen LogP contribution >= 0.6 is 0 Å². The van der Waals surface area contributed by atoms with Crippen molar-refractivity contribution >= 4 is 11.7 Å². The van der Waals surface area contributed by atoms with Crippen LogP contribution in [0.5, 0.6) is 0 Å². The second-order valence-electron chi connectivity index (χ2n) is 5.70. The van der Waals surface area contributed by atoms with Crippen molar-refractivity contribution in [2.75, 3.05) is 18.0 Å². The monoisotopic (exact) mass is 276 g/mol. The molecule has 2 rings (SSSR count). The van der Waals surface area contributed by atoms with Gasteiger partial charge in [0.25, 0.3) is 0 Å². The minimum absolute atomic E-state index is 0.140. The minimum atomic E-state index is -0.474. The van der Waals surface area contributed by atoms with Gasteiger partial charge < -0.3 is 16.0 Å². The number of hydrogen-bond donors (Lipinski definition) is 2. The van der Waals surface area contributed by atoms with Crippen molar-refractivity contribution in [2.45, 2.75) is 39.3 Å². The molecule has 1 amide bonds. The lowest BCUT2D eigenvalue weighted by molar-refractivity contribution is -0.122. The Bertz CT molecular complexity index is 436. The van der Waals surface area contributed by atoms with Crippen molar-refractivity contribution in [3.8, 4) is 0 Å². The lowest BCUT2D eigenvalue weighted by Gasteiger charge is -2.31. The number of piperidine rings is 1. The molecule has 0 saturated carbocycles. The zero-order valence-electron chi connectivity index (χ0n) is 12.3. The van der Waals surface area contributed by atoms with Crippen molar-refractivity contribution in [3.05, 3.63) is 23.9 Å². The zero-order valence-corrected chi connectivity index (χ0v) is 12.3. The third-order valence-electron chi connectivity index (χ3n) is 3.80. The topological polar surface area (TPSA) is 71.2 Å². The molecule has 0 radical (unpaired) electrons. The highest BCUT2D eigenvalue weighted by atomic mass is 16.2. The summed E-state index contributed by atoms with van der Waals surface area (Å²) in [6.45, 7) is 6.61. The number of carbonyl (C=O) groups excluding carboxylic acids is 1. The number of amides is 1. The fraction of sp³-hybridized carbons (Fsp3) is 0.600. The number of nitrogens with one attached hydrogen (secondary N) is 1. The van der Waals surface area contributed by atoms with Gasteiger partial charge in [-0.05, 0) is 37.3 Å². The van der Waals surface area contributed by atoms with E-state index in [4.69, 9.17) is 5.73 Å². The lowest BCUT2D eigenvalue weighted by Crippen LogP contribution is -2.37. The first kappa shape index (κ1) is 14.8. The average molecular weight is 276 g/mol. The lowest BCUT2D eigenvalue weighted by atomic mass is 9.99. The molecule has 0 spiro atoms. The molecule has 2 heterocycles. The van der Waals surface area contributed by atoms with Gasteiger partial charge in [0.1, 0.15) is 5.82 Å². The summed E-state index contributed by atoms with van der Waals surface area (Å²) < 4.78 is 0. The van der Waals surface area contributed by atoms with Gasteiger partial charge in [-0.15, -0.1) is 0 Å². The van der Waals surface area contributed by atoms with E-state index in [0.717, 1.165) is 30.4 Å². The van der Waals surface area contributed by atoms with Gasteiger partial charge in [0.2, 0.25) is 5.91 Å². The molecule has 0 bridgehead atoms. The first-order valence-electron chi connectivity index (χ1n) is 7.29. The van der Waals surface area contributed by atoms with Crippen LogP contribution < -0.4 is 16.0 Å². The van der Waals surface area contributed by atoms with Gasteiger partial charge in [0.15, 0.2) is 0 Å². The number of carbonyl (C=O) groups is 1. The molecule has 0 aromatic carbocycles. The second-order valence-corrected chi connectivity index (χ2v) is 5.70. The Labute approximate surface area is 120 Å². The molecule has 5 nitrogen and oxygen atoms in total. The fourth-order valence-electron chi connectivity index (χ4n) is 2.30. The van der Waals surface area contributed by atoms with Crippen LogP contribution in [0.15, 0.2) is 18.3 Å². The Kier molecular flexibility index (Phi) is 4.95. The van der Waals surface area contributed by atoms with Crippen molar-refractivity contribution in [3.63, 3.8) is 0 Å². The smallest absolute Gasteiger partial charge is 0.236 e. The van der Waals surface area contributed by atoms with E-state index in [0.29, 0.717) is 6.54 Å². The molecule has 110 valence electrons. The summed E-state index contributed by atoms with van der Waals surface area (Å²) in [5, 5.41) is 2.79. The first-order chi connectivity index (χ1) is 9.56. The van der Waals surface area contributed by atoms with E-state index in [2.05, 4.69) is 22.1 Å². The quantitative estimate of drug-likeness (QED) is 0.869. The summed E-state index contributed by atoms with van der Waals surface area (Å²) in [5.74, 6) is 1.71. The van der Waals surface area contributed by atoms with Gasteiger partial charge in [-0.1, -0.05) is 13.0 Å². The van der Waals surface area contributed by atoms with E-state index in [-0.39, 0.29) is 5.91 Å². The summed E-state index contributed by atoms with van der Waals surface area (Å²) in [7, 11) is 0. The molecule has 1 atom stereocenters. The molecule has 20 heavy (non-hydrogen) atoms. The number of nitrogens with two attached hydrogens (primary N) is 1. The van der Waals surface area contributed by atoms with Gasteiger partial charge in [-0.25, -0.2) is 4.98 Å². The highest BCUT2D eigenvalue weighted by Crippen LogP contribution is 2.21. The molecule has 5 heteroatoms. The standard InChI is InChI=1S/C15H24N4O/c1-11-5-7-19(8-6-11)14-4-3-13(9-17-14)10-18-15(20)12(2)16/h3-4,9,11-12H,5-8,10,16H2,1-2H3,(H,18,20). The fourth-order valence-corrected chi connectivity index (χ4v) is 2.30. The van der Waals surface area contributed by atoms with E-state index in [1.54, 1.807) is 6.92 Å². The Balaban J connectivity index is 1.88. The van der Waals surface area contributed by atoms with Crippen LogP contribution in [-0.2, 0) is 11.3 Å². The first-order valence-corrected chi connectivity index (χ1v) is 7.29. The highest BCUT2D eigenvalue weighted by Gasteiger charge is 2.16. The maximum atomic E-state index is 11.4. The van der Waals surface area contributed by atoms with Gasteiger partial charge in [-0.3, -0.25) is 4.79 Å². The summed E-state index contributed by atoms with van der Waals surface area (Å²) in [6, 6.07) is 3.57. The Morgan fingerprint density at radius 2 is 2.20 bits per heavy atom. The molecule has 1 aliphatic heterocycles. The van der Waals surface area contributed by atoms with Gasteiger partial charge in [0.05, 0.1) is 6.04 Å². The molecule has 1 aliphatic rings. The molecular weight excluding hydrogens is 252 g/mol. The molecule has 3 N–H and O–H groups in total. The normalized spacial score (nSPS) is 17.9. The van der Waals surface area contributed by atoms with Crippen LogP contribution in [0.25, 0.3) is 0 Å². The third-order valence-corrected chi connectivity index (χ3v) is 3.80. The van der Waals surface area contributed by atoms with Crippen LogP contribution in [-0.4, -0.2) is 30.0 Å². The average Bonchev–Trinajstić information content (AvgIpc) is 2.46. The molecule has 1 aromatic rings. The predicted octanol–water partition coefficient (Wildman–Crippen LogP) is 1.28. The Morgan fingerprint density at radius 3 is 2.75 bits per heavy atom. The van der Waals surface area contributed by atoms with Crippen LogP contribution in [0.4, 0.5) is 5.82 Å². The highest BCUT2D eigenvalue weighted by molar-refractivity contribution is 5.80. The predicted molar refractivity (Wildman–Crippen MR) is 80.3 cm³/mol. The van der Waals surface area contributed by atoms with Crippen molar-refractivity contribution < 1.29 is 4.79 Å². The summed E-state index contributed by atoms with van der Waals surface area (Å²) >= 11 is 0. The number of hydrogen-bond acceptors (Lipinski definition) is 4. The summed E-state index contributed by atoms with van der Waals surface area (Å²) in [6.07, 6.45) is 4.29. The maximum absolute atomic E-state index is 11.4. The van der Waals surface area contributed by atoms with Crippen molar-refractivity contribution in [1.29, 1.82) is 0 Å². The molecule has 1 unspecified atom stereocenters. The molecule has 1 aromatic heterocycles. The Hall–Kier alpha value is -1.62. The van der Waals surface area contributed by atoms with Crippen molar-refractivity contribution in [2.24, 2.45) is 11.7 Å². The van der Waals surface area contributed by atoms with Crippen LogP contribution in [0.1, 0.15) is 32.3 Å². The SMILES string of the molecule is CC1CCN(c2ccc(CNC(=O)C(C)N)cn2)CC1. The largest absolute Gasteiger partial charge is 0.357 e.